The summed E-state index contributed by atoms with van der Waals surface area (Å²) >= 11 is 3.24. The highest BCUT2D eigenvalue weighted by Gasteiger charge is 2.17. The molecule has 9 heteroatoms. The average molecular weight is 361 g/mol. The molecule has 1 atom stereocenters. The highest BCUT2D eigenvalue weighted by molar-refractivity contribution is 8.02. The first-order valence-corrected chi connectivity index (χ1v) is 8.84. The van der Waals surface area contributed by atoms with Gasteiger partial charge >= 0.3 is 0 Å². The fourth-order valence-corrected chi connectivity index (χ4v) is 3.95. The molecule has 22 heavy (non-hydrogen) atoms. The highest BCUT2D eigenvalue weighted by atomic mass is 32.2. The Hall–Kier alpha value is -1.19. The molecule has 0 aliphatic rings. The molecule has 1 amide bonds. The van der Waals surface area contributed by atoms with Gasteiger partial charge in [0.15, 0.2) is 4.34 Å². The van der Waals surface area contributed by atoms with E-state index in [2.05, 4.69) is 15.5 Å². The zero-order valence-corrected chi connectivity index (χ0v) is 14.2. The number of carbonyl (C=O) groups is 1. The Labute approximate surface area is 139 Å². The maximum atomic E-state index is 12.2. The number of alkyl halides is 2. The van der Waals surface area contributed by atoms with E-state index in [9.17, 15) is 13.6 Å². The summed E-state index contributed by atoms with van der Waals surface area (Å²) in [6.45, 7) is 3.63. The maximum absolute atomic E-state index is 12.2. The van der Waals surface area contributed by atoms with Crippen molar-refractivity contribution in [3.8, 4) is 0 Å². The molecular weight excluding hydrogens is 348 g/mol. The third-order valence-electron chi connectivity index (χ3n) is 2.50. The van der Waals surface area contributed by atoms with Crippen LogP contribution in [0.15, 0.2) is 33.5 Å². The number of halogens is 2. The van der Waals surface area contributed by atoms with Crippen LogP contribution in [0.2, 0.25) is 0 Å². The van der Waals surface area contributed by atoms with Crippen molar-refractivity contribution in [2.45, 2.75) is 34.1 Å². The summed E-state index contributed by atoms with van der Waals surface area (Å²) in [5, 5.41) is 11.1. The Bertz CT molecular complexity index is 634. The lowest BCUT2D eigenvalue weighted by Crippen LogP contribution is -2.22. The second kappa shape index (κ2) is 7.89. The number of aryl methyl sites for hydroxylation is 1. The standard InChI is InChI=1S/C13H13F2N3OS3/c1-7(20-13-18-17-8(2)21-13)11(19)16-9-3-5-10(6-4-9)22-12(14)15/h3-7,12H,1-2H3,(H,16,19)/t7-/m1/s1. The number of carbonyl (C=O) groups excluding carboxylic acids is 1. The van der Waals surface area contributed by atoms with E-state index in [0.717, 1.165) is 9.35 Å². The first-order chi connectivity index (χ1) is 10.4. The van der Waals surface area contributed by atoms with E-state index in [-0.39, 0.29) is 11.2 Å². The molecular formula is C13H13F2N3OS3. The molecule has 0 saturated carbocycles. The number of rotatable bonds is 6. The molecule has 0 unspecified atom stereocenters. The molecule has 1 N–H and O–H groups in total. The van der Waals surface area contributed by atoms with Crippen LogP contribution in [0.25, 0.3) is 0 Å². The van der Waals surface area contributed by atoms with Crippen molar-refractivity contribution in [3.05, 3.63) is 29.3 Å². The Balaban J connectivity index is 1.90. The lowest BCUT2D eigenvalue weighted by molar-refractivity contribution is -0.115. The number of thioether (sulfide) groups is 2. The first kappa shape index (κ1) is 17.2. The smallest absolute Gasteiger partial charge is 0.288 e. The number of aromatic nitrogens is 2. The van der Waals surface area contributed by atoms with Gasteiger partial charge < -0.3 is 5.32 Å². The van der Waals surface area contributed by atoms with Crippen LogP contribution in [-0.4, -0.2) is 27.1 Å². The predicted molar refractivity (Wildman–Crippen MR) is 86.9 cm³/mol. The molecule has 0 bridgehead atoms. The quantitative estimate of drug-likeness (QED) is 0.778. The Morgan fingerprint density at radius 3 is 2.45 bits per heavy atom. The van der Waals surface area contributed by atoms with Gasteiger partial charge in [0.2, 0.25) is 5.91 Å². The van der Waals surface area contributed by atoms with Crippen LogP contribution in [0.5, 0.6) is 0 Å². The molecule has 0 saturated heterocycles. The van der Waals surface area contributed by atoms with Gasteiger partial charge in [0.05, 0.1) is 5.25 Å². The molecule has 0 aliphatic carbocycles. The second-order valence-electron chi connectivity index (χ2n) is 4.24. The van der Waals surface area contributed by atoms with Crippen molar-refractivity contribution < 1.29 is 13.6 Å². The van der Waals surface area contributed by atoms with E-state index in [1.807, 2.05) is 6.92 Å². The Morgan fingerprint density at radius 2 is 1.91 bits per heavy atom. The zero-order chi connectivity index (χ0) is 16.1. The van der Waals surface area contributed by atoms with Gasteiger partial charge in [-0.25, -0.2) is 0 Å². The predicted octanol–water partition coefficient (Wildman–Crippen LogP) is 4.28. The van der Waals surface area contributed by atoms with Gasteiger partial charge in [-0.1, -0.05) is 34.9 Å². The van der Waals surface area contributed by atoms with E-state index in [1.54, 1.807) is 31.2 Å². The van der Waals surface area contributed by atoms with Crippen molar-refractivity contribution in [3.63, 3.8) is 0 Å². The number of nitrogens with zero attached hydrogens (tertiary/aromatic N) is 2. The molecule has 1 aromatic heterocycles. The van der Waals surface area contributed by atoms with Gasteiger partial charge in [-0.15, -0.1) is 10.2 Å². The summed E-state index contributed by atoms with van der Waals surface area (Å²) in [5.74, 6) is -2.63. The summed E-state index contributed by atoms with van der Waals surface area (Å²) in [6.07, 6.45) is 0. The minimum absolute atomic E-state index is 0.174. The number of anilines is 1. The third kappa shape index (κ3) is 5.22. The fourth-order valence-electron chi connectivity index (χ4n) is 1.49. The number of hydrogen-bond donors (Lipinski definition) is 1. The largest absolute Gasteiger partial charge is 0.325 e. The van der Waals surface area contributed by atoms with Crippen molar-refractivity contribution >= 4 is 46.5 Å². The van der Waals surface area contributed by atoms with E-state index in [1.165, 1.54) is 23.1 Å². The summed E-state index contributed by atoms with van der Waals surface area (Å²) in [4.78, 5) is 12.5. The van der Waals surface area contributed by atoms with Gasteiger partial charge in [0.1, 0.15) is 5.01 Å². The topological polar surface area (TPSA) is 54.9 Å². The molecule has 118 valence electrons. The lowest BCUT2D eigenvalue weighted by Gasteiger charge is -2.10. The Morgan fingerprint density at radius 1 is 1.23 bits per heavy atom. The third-order valence-corrected chi connectivity index (χ3v) is 5.25. The van der Waals surface area contributed by atoms with Crippen molar-refractivity contribution in [1.82, 2.24) is 10.2 Å². The van der Waals surface area contributed by atoms with E-state index in [4.69, 9.17) is 0 Å². The van der Waals surface area contributed by atoms with Crippen LogP contribution in [0.4, 0.5) is 14.5 Å². The van der Waals surface area contributed by atoms with Gasteiger partial charge in [-0.2, -0.15) is 8.78 Å². The van der Waals surface area contributed by atoms with Crippen LogP contribution in [0.3, 0.4) is 0 Å². The first-order valence-electron chi connectivity index (χ1n) is 6.26. The maximum Gasteiger partial charge on any atom is 0.288 e. The van der Waals surface area contributed by atoms with Crippen molar-refractivity contribution in [2.24, 2.45) is 0 Å². The summed E-state index contributed by atoms with van der Waals surface area (Å²) in [7, 11) is 0. The van der Waals surface area contributed by atoms with E-state index in [0.29, 0.717) is 22.3 Å². The van der Waals surface area contributed by atoms with Crippen LogP contribution in [-0.2, 0) is 4.79 Å². The Kier molecular flexibility index (Phi) is 6.16. The van der Waals surface area contributed by atoms with Gasteiger partial charge in [-0.3, -0.25) is 4.79 Å². The normalized spacial score (nSPS) is 12.4. The number of amides is 1. The molecule has 4 nitrogen and oxygen atoms in total. The molecule has 1 aromatic carbocycles. The fraction of sp³-hybridized carbons (Fsp3) is 0.308. The molecule has 2 aromatic rings. The van der Waals surface area contributed by atoms with Gasteiger partial charge in [-0.05, 0) is 38.1 Å². The van der Waals surface area contributed by atoms with Crippen molar-refractivity contribution in [1.29, 1.82) is 0 Å². The minimum Gasteiger partial charge on any atom is -0.325 e. The molecule has 0 radical (unpaired) electrons. The van der Waals surface area contributed by atoms with Crippen LogP contribution >= 0.6 is 34.9 Å². The molecule has 1 heterocycles. The molecule has 0 spiro atoms. The SMILES string of the molecule is Cc1nnc(S[C@H](C)C(=O)Nc2ccc(SC(F)F)cc2)s1. The average Bonchev–Trinajstić information content (AvgIpc) is 2.85. The van der Waals surface area contributed by atoms with Crippen LogP contribution in [0.1, 0.15) is 11.9 Å². The van der Waals surface area contributed by atoms with Crippen LogP contribution in [0, 0.1) is 6.92 Å². The summed E-state index contributed by atoms with van der Waals surface area (Å²) in [5.41, 5.74) is 0.574. The van der Waals surface area contributed by atoms with Gasteiger partial charge in [0.25, 0.3) is 5.76 Å². The number of nitrogens with one attached hydrogen (secondary N) is 1. The van der Waals surface area contributed by atoms with E-state index >= 15 is 0 Å². The highest BCUT2D eigenvalue weighted by Crippen LogP contribution is 2.28. The zero-order valence-electron chi connectivity index (χ0n) is 11.7. The number of hydrogen-bond acceptors (Lipinski definition) is 6. The monoisotopic (exact) mass is 361 g/mol. The molecule has 0 aliphatic heterocycles. The van der Waals surface area contributed by atoms with Crippen LogP contribution < -0.4 is 5.32 Å². The minimum atomic E-state index is -2.45. The van der Waals surface area contributed by atoms with Gasteiger partial charge in [0, 0.05) is 10.6 Å². The van der Waals surface area contributed by atoms with Crippen molar-refractivity contribution in [2.75, 3.05) is 5.32 Å². The van der Waals surface area contributed by atoms with E-state index < -0.39 is 5.76 Å². The lowest BCUT2D eigenvalue weighted by atomic mass is 10.3. The molecule has 0 fully saturated rings. The number of benzene rings is 1. The summed E-state index contributed by atoms with van der Waals surface area (Å²) < 4.78 is 25.2. The second-order valence-corrected chi connectivity index (χ2v) is 8.07. The summed E-state index contributed by atoms with van der Waals surface area (Å²) in [6, 6.07) is 6.32. The molecule has 2 rings (SSSR count).